The molecule has 2 aromatic heterocycles. The lowest BCUT2D eigenvalue weighted by Gasteiger charge is -2.37. The van der Waals surface area contributed by atoms with Gasteiger partial charge >= 0.3 is 7.82 Å². The molecular formula is C10H14N5O7P. The van der Waals surface area contributed by atoms with Gasteiger partial charge in [0.05, 0.1) is 12.9 Å². The molecule has 0 radical (unpaired) electrons. The summed E-state index contributed by atoms with van der Waals surface area (Å²) in [6.07, 6.45) is -3.06. The highest BCUT2D eigenvalue weighted by Gasteiger charge is 2.43. The number of phosphoric acid groups is 1. The average molecular weight is 347 g/mol. The quantitative estimate of drug-likeness (QED) is 0.392. The molecule has 4 atom stereocenters. The molecule has 13 heteroatoms. The maximum atomic E-state index is 10.9. The smallest absolute Gasteiger partial charge is 0.387 e. The second kappa shape index (κ2) is 5.76. The van der Waals surface area contributed by atoms with Gasteiger partial charge in [-0.2, -0.15) is 0 Å². The number of hydrogen-bond acceptors (Lipinski definition) is 9. The fourth-order valence-electron chi connectivity index (χ4n) is 2.35. The number of hydrogen-bond donors (Lipinski definition) is 5. The molecule has 0 bridgehead atoms. The van der Waals surface area contributed by atoms with Crippen molar-refractivity contribution in [3.63, 3.8) is 0 Å². The Morgan fingerprint density at radius 3 is 2.74 bits per heavy atom. The number of ether oxygens (including phenoxy) is 1. The summed E-state index contributed by atoms with van der Waals surface area (Å²) in [4.78, 5) is 29.4. The summed E-state index contributed by atoms with van der Waals surface area (Å²) in [5.74, 6) is 0.141. The number of imidazole rings is 1. The van der Waals surface area contributed by atoms with Gasteiger partial charge in [0, 0.05) is 0 Å². The van der Waals surface area contributed by atoms with Crippen molar-refractivity contribution in [3.8, 4) is 0 Å². The number of nitrogens with two attached hydrogens (primary N) is 1. The number of nitrogen functional groups attached to an aromatic ring is 1. The molecule has 1 aliphatic heterocycles. The van der Waals surface area contributed by atoms with Crippen molar-refractivity contribution in [1.82, 2.24) is 19.5 Å². The van der Waals surface area contributed by atoms with Crippen LogP contribution in [0.3, 0.4) is 0 Å². The first-order chi connectivity index (χ1) is 10.8. The summed E-state index contributed by atoms with van der Waals surface area (Å²) in [7, 11) is -4.83. The molecule has 12 nitrogen and oxygen atoms in total. The van der Waals surface area contributed by atoms with Crippen molar-refractivity contribution in [2.45, 2.75) is 24.5 Å². The number of aromatic nitrogens is 4. The van der Waals surface area contributed by atoms with E-state index in [1.807, 2.05) is 0 Å². The van der Waals surface area contributed by atoms with E-state index in [1.54, 1.807) is 0 Å². The van der Waals surface area contributed by atoms with E-state index in [4.69, 9.17) is 20.3 Å². The minimum Gasteiger partial charge on any atom is -0.387 e. The van der Waals surface area contributed by atoms with Gasteiger partial charge in [0.15, 0.2) is 17.7 Å². The maximum Gasteiger partial charge on any atom is 0.470 e. The number of anilines is 1. The van der Waals surface area contributed by atoms with Gasteiger partial charge in [0.1, 0.15) is 30.2 Å². The molecule has 126 valence electrons. The van der Waals surface area contributed by atoms with Crippen LogP contribution >= 0.6 is 7.82 Å². The topological polar surface area (TPSA) is 186 Å². The molecule has 1 saturated heterocycles. The first kappa shape index (κ1) is 16.2. The zero-order chi connectivity index (χ0) is 16.8. The van der Waals surface area contributed by atoms with E-state index >= 15 is 0 Å². The van der Waals surface area contributed by atoms with Crippen LogP contribution in [0.4, 0.5) is 5.82 Å². The van der Waals surface area contributed by atoms with Gasteiger partial charge in [-0.1, -0.05) is 0 Å². The number of nitrogens with zero attached hydrogens (tertiary/aromatic N) is 4. The largest absolute Gasteiger partial charge is 0.470 e. The van der Waals surface area contributed by atoms with E-state index in [2.05, 4.69) is 19.5 Å². The Kier molecular flexibility index (Phi) is 4.06. The van der Waals surface area contributed by atoms with Crippen LogP contribution < -0.4 is 5.73 Å². The zero-order valence-electron chi connectivity index (χ0n) is 11.5. The molecule has 0 aliphatic carbocycles. The molecule has 3 rings (SSSR count). The molecule has 2 aromatic rings. The van der Waals surface area contributed by atoms with E-state index in [0.717, 1.165) is 0 Å². The third-order valence-corrected chi connectivity index (χ3v) is 3.93. The van der Waals surface area contributed by atoms with E-state index < -0.39 is 32.4 Å². The van der Waals surface area contributed by atoms with Crippen LogP contribution in [-0.2, 0) is 13.8 Å². The van der Waals surface area contributed by atoms with Gasteiger partial charge in [-0.15, -0.1) is 0 Å². The number of rotatable bonds is 3. The number of fused-ring (bicyclic) bond motifs is 1. The SMILES string of the molecule is Nc1ncnc2c1ncn2[C@@H]1OC[C@@H](OP(=O)(O)O)[C@@H](O)[C@H]1O. The van der Waals surface area contributed by atoms with E-state index in [9.17, 15) is 14.8 Å². The third-order valence-electron chi connectivity index (χ3n) is 3.39. The molecule has 1 aliphatic rings. The summed E-state index contributed by atoms with van der Waals surface area (Å²) in [5.41, 5.74) is 6.24. The van der Waals surface area contributed by atoms with Crippen LogP contribution in [0.25, 0.3) is 11.2 Å². The van der Waals surface area contributed by atoms with Crippen molar-refractivity contribution in [1.29, 1.82) is 0 Å². The molecular weight excluding hydrogens is 333 g/mol. The summed E-state index contributed by atoms with van der Waals surface area (Å²) in [5, 5.41) is 20.2. The fraction of sp³-hybridized carbons (Fsp3) is 0.500. The summed E-state index contributed by atoms with van der Waals surface area (Å²) < 4.78 is 21.9. The number of phosphoric ester groups is 1. The van der Waals surface area contributed by atoms with Gasteiger partial charge in [-0.25, -0.2) is 19.5 Å². The second-order valence-corrected chi connectivity index (χ2v) is 6.11. The highest BCUT2D eigenvalue weighted by atomic mass is 31.2. The van der Waals surface area contributed by atoms with Crippen LogP contribution in [0.5, 0.6) is 0 Å². The van der Waals surface area contributed by atoms with Gasteiger partial charge < -0.3 is 30.5 Å². The Labute approximate surface area is 128 Å². The predicted molar refractivity (Wildman–Crippen MR) is 73.7 cm³/mol. The zero-order valence-corrected chi connectivity index (χ0v) is 12.4. The van der Waals surface area contributed by atoms with Crippen LogP contribution in [0, 0.1) is 0 Å². The summed E-state index contributed by atoms with van der Waals surface area (Å²) >= 11 is 0. The third kappa shape index (κ3) is 3.05. The normalized spacial score (nSPS) is 29.0. The van der Waals surface area contributed by atoms with E-state index in [0.29, 0.717) is 5.52 Å². The van der Waals surface area contributed by atoms with Crippen LogP contribution in [0.2, 0.25) is 0 Å². The molecule has 6 N–H and O–H groups in total. The molecule has 0 aromatic carbocycles. The molecule has 23 heavy (non-hydrogen) atoms. The molecule has 0 spiro atoms. The fourth-order valence-corrected chi connectivity index (χ4v) is 2.89. The standard InChI is InChI=1S/C10H14N5O7P/c11-8-5-9(13-2-12-8)15(3-14-5)10-7(17)6(16)4(1-21-10)22-23(18,19)20/h2-4,6-7,10,16-17H,1H2,(H2,11,12,13)(H2,18,19,20)/t4-,6-,7-,10-/m1/s1. The Morgan fingerprint density at radius 2 is 2.04 bits per heavy atom. The van der Waals surface area contributed by atoms with Gasteiger partial charge in [0.2, 0.25) is 0 Å². The van der Waals surface area contributed by atoms with Crippen molar-refractivity contribution in [3.05, 3.63) is 12.7 Å². The minimum absolute atomic E-state index is 0.141. The lowest BCUT2D eigenvalue weighted by Crippen LogP contribution is -2.51. The molecule has 1 fully saturated rings. The molecule has 0 saturated carbocycles. The maximum absolute atomic E-state index is 10.9. The van der Waals surface area contributed by atoms with Crippen molar-refractivity contribution >= 4 is 24.8 Å². The highest BCUT2D eigenvalue weighted by Crippen LogP contribution is 2.40. The monoisotopic (exact) mass is 347 g/mol. The van der Waals surface area contributed by atoms with Crippen LogP contribution in [0.15, 0.2) is 12.7 Å². The van der Waals surface area contributed by atoms with Crippen molar-refractivity contribution < 1.29 is 33.8 Å². The Bertz CT molecular complexity index is 763. The van der Waals surface area contributed by atoms with Gasteiger partial charge in [-0.05, 0) is 0 Å². The highest BCUT2D eigenvalue weighted by molar-refractivity contribution is 7.46. The van der Waals surface area contributed by atoms with E-state index in [1.165, 1.54) is 17.2 Å². The Hall–Kier alpha value is -1.66. The summed E-state index contributed by atoms with van der Waals surface area (Å²) in [6, 6.07) is 0. The number of aliphatic hydroxyl groups is 2. The molecule has 0 unspecified atom stereocenters. The Balaban J connectivity index is 1.87. The van der Waals surface area contributed by atoms with Gasteiger partial charge in [-0.3, -0.25) is 9.09 Å². The molecule has 0 amide bonds. The van der Waals surface area contributed by atoms with Crippen LogP contribution in [0.1, 0.15) is 6.23 Å². The average Bonchev–Trinajstić information content (AvgIpc) is 2.88. The van der Waals surface area contributed by atoms with Crippen LogP contribution in [-0.4, -0.2) is 64.4 Å². The van der Waals surface area contributed by atoms with E-state index in [-0.39, 0.29) is 18.1 Å². The Morgan fingerprint density at radius 1 is 1.30 bits per heavy atom. The van der Waals surface area contributed by atoms with Gasteiger partial charge in [0.25, 0.3) is 0 Å². The predicted octanol–water partition coefficient (Wildman–Crippen LogP) is -1.86. The van der Waals surface area contributed by atoms with Crippen molar-refractivity contribution in [2.75, 3.05) is 12.3 Å². The summed E-state index contributed by atoms with van der Waals surface area (Å²) in [6.45, 7) is -0.353. The lowest BCUT2D eigenvalue weighted by molar-refractivity contribution is -0.206. The minimum atomic E-state index is -4.83. The number of aliphatic hydroxyl groups excluding tert-OH is 2. The molecule has 3 heterocycles. The van der Waals surface area contributed by atoms with Crippen molar-refractivity contribution in [2.24, 2.45) is 0 Å². The lowest BCUT2D eigenvalue weighted by atomic mass is 10.0. The first-order valence-electron chi connectivity index (χ1n) is 6.42. The first-order valence-corrected chi connectivity index (χ1v) is 7.95. The second-order valence-electron chi connectivity index (χ2n) is 4.92.